The van der Waals surface area contributed by atoms with Gasteiger partial charge in [0.2, 0.25) is 11.8 Å². The third-order valence-corrected chi connectivity index (χ3v) is 4.94. The van der Waals surface area contributed by atoms with Crippen molar-refractivity contribution >= 4 is 23.4 Å². The number of benzene rings is 2. The van der Waals surface area contributed by atoms with E-state index in [0.717, 1.165) is 17.5 Å². The highest BCUT2D eigenvalue weighted by Gasteiger charge is 2.25. The summed E-state index contributed by atoms with van der Waals surface area (Å²) in [4.78, 5) is 27.1. The van der Waals surface area contributed by atoms with E-state index in [-0.39, 0.29) is 11.8 Å². The number of aryl methyl sites for hydroxylation is 2. The van der Waals surface area contributed by atoms with Crippen molar-refractivity contribution in [3.05, 3.63) is 70.2 Å². The minimum Gasteiger partial charge on any atom is -0.354 e. The van der Waals surface area contributed by atoms with Crippen molar-refractivity contribution in [1.82, 2.24) is 10.2 Å². The van der Waals surface area contributed by atoms with Crippen molar-refractivity contribution in [3.8, 4) is 0 Å². The van der Waals surface area contributed by atoms with Crippen LogP contribution >= 0.6 is 11.6 Å². The van der Waals surface area contributed by atoms with Gasteiger partial charge in [-0.05, 0) is 49.9 Å². The Bertz CT molecular complexity index is 789. The number of hydrogen-bond acceptors (Lipinski definition) is 2. The van der Waals surface area contributed by atoms with Crippen LogP contribution in [0.2, 0.25) is 5.02 Å². The predicted octanol–water partition coefficient (Wildman–Crippen LogP) is 4.52. The zero-order valence-corrected chi connectivity index (χ0v) is 17.6. The summed E-state index contributed by atoms with van der Waals surface area (Å²) in [6.45, 7) is 6.78. The summed E-state index contributed by atoms with van der Waals surface area (Å²) in [5.74, 6) is -0.174. The van der Waals surface area contributed by atoms with Crippen molar-refractivity contribution < 1.29 is 9.59 Å². The van der Waals surface area contributed by atoms with Crippen molar-refractivity contribution in [2.75, 3.05) is 6.54 Å². The summed E-state index contributed by atoms with van der Waals surface area (Å²) < 4.78 is 0. The molecular weight excluding hydrogens is 372 g/mol. The molecule has 0 aliphatic heterocycles. The first-order valence-electron chi connectivity index (χ1n) is 9.78. The molecule has 0 heterocycles. The van der Waals surface area contributed by atoms with E-state index in [1.165, 1.54) is 5.56 Å². The molecule has 0 aromatic heterocycles. The normalized spacial score (nSPS) is 11.7. The second-order valence-electron chi connectivity index (χ2n) is 7.10. The molecule has 150 valence electrons. The number of amides is 2. The van der Waals surface area contributed by atoms with Gasteiger partial charge in [0.05, 0.1) is 0 Å². The fourth-order valence-corrected chi connectivity index (χ4v) is 3.17. The zero-order valence-electron chi connectivity index (χ0n) is 16.9. The van der Waals surface area contributed by atoms with Gasteiger partial charge in [-0.1, -0.05) is 60.5 Å². The smallest absolute Gasteiger partial charge is 0.242 e. The molecule has 0 fully saturated rings. The highest BCUT2D eigenvalue weighted by atomic mass is 35.5. The Kier molecular flexibility index (Phi) is 8.52. The lowest BCUT2D eigenvalue weighted by molar-refractivity contribution is -0.140. The number of halogens is 1. The van der Waals surface area contributed by atoms with Gasteiger partial charge in [0, 0.05) is 24.5 Å². The van der Waals surface area contributed by atoms with Crippen molar-refractivity contribution in [2.45, 2.75) is 52.6 Å². The SMILES string of the molecule is CCCNC(=O)[C@H](C)N(Cc1cccc(Cl)c1)C(=O)CCc1ccc(C)cc1. The van der Waals surface area contributed by atoms with Crippen LogP contribution < -0.4 is 5.32 Å². The van der Waals surface area contributed by atoms with E-state index in [9.17, 15) is 9.59 Å². The molecule has 2 rings (SSSR count). The molecule has 1 N–H and O–H groups in total. The van der Waals surface area contributed by atoms with Crippen molar-refractivity contribution in [3.63, 3.8) is 0 Å². The van der Waals surface area contributed by atoms with Crippen LogP contribution in [-0.2, 0) is 22.6 Å². The molecule has 0 saturated heterocycles. The third kappa shape index (κ3) is 6.68. The summed E-state index contributed by atoms with van der Waals surface area (Å²) in [7, 11) is 0. The number of hydrogen-bond donors (Lipinski definition) is 1. The third-order valence-electron chi connectivity index (χ3n) is 4.71. The maximum Gasteiger partial charge on any atom is 0.242 e. The average molecular weight is 401 g/mol. The number of carbonyl (C=O) groups excluding carboxylic acids is 2. The maximum atomic E-state index is 13.0. The van der Waals surface area contributed by atoms with Gasteiger partial charge < -0.3 is 10.2 Å². The summed E-state index contributed by atoms with van der Waals surface area (Å²) in [6, 6.07) is 15.0. The lowest BCUT2D eigenvalue weighted by atomic mass is 10.1. The van der Waals surface area contributed by atoms with Crippen molar-refractivity contribution in [2.24, 2.45) is 0 Å². The fraction of sp³-hybridized carbons (Fsp3) is 0.391. The van der Waals surface area contributed by atoms with Crippen molar-refractivity contribution in [1.29, 1.82) is 0 Å². The lowest BCUT2D eigenvalue weighted by Crippen LogP contribution is -2.47. The average Bonchev–Trinajstić information content (AvgIpc) is 2.69. The topological polar surface area (TPSA) is 49.4 Å². The minimum atomic E-state index is -0.545. The monoisotopic (exact) mass is 400 g/mol. The molecule has 0 spiro atoms. The van der Waals surface area contributed by atoms with Crippen LogP contribution in [0.4, 0.5) is 0 Å². The Morgan fingerprint density at radius 2 is 1.82 bits per heavy atom. The molecule has 0 saturated carbocycles. The standard InChI is InChI=1S/C23H29ClN2O2/c1-4-14-25-23(28)18(3)26(16-20-6-5-7-21(24)15-20)22(27)13-12-19-10-8-17(2)9-11-19/h5-11,15,18H,4,12-14,16H2,1-3H3,(H,25,28)/t18-/m0/s1. The van der Waals surface area contributed by atoms with Gasteiger partial charge in [0.15, 0.2) is 0 Å². The van der Waals surface area contributed by atoms with E-state index in [2.05, 4.69) is 5.32 Å². The molecule has 1 atom stereocenters. The number of nitrogens with zero attached hydrogens (tertiary/aromatic N) is 1. The van der Waals surface area contributed by atoms with E-state index < -0.39 is 6.04 Å². The van der Waals surface area contributed by atoms with Gasteiger partial charge in [0.25, 0.3) is 0 Å². The molecule has 2 aromatic carbocycles. The van der Waals surface area contributed by atoms with Crippen LogP contribution in [0.5, 0.6) is 0 Å². The van der Waals surface area contributed by atoms with Gasteiger partial charge in [-0.25, -0.2) is 0 Å². The van der Waals surface area contributed by atoms with Gasteiger partial charge in [-0.15, -0.1) is 0 Å². The quantitative estimate of drug-likeness (QED) is 0.672. The Balaban J connectivity index is 2.12. The Morgan fingerprint density at radius 1 is 1.11 bits per heavy atom. The molecule has 0 unspecified atom stereocenters. The summed E-state index contributed by atoms with van der Waals surface area (Å²) in [6.07, 6.45) is 1.86. The zero-order chi connectivity index (χ0) is 20.5. The number of carbonyl (C=O) groups is 2. The molecule has 0 radical (unpaired) electrons. The van der Waals surface area contributed by atoms with E-state index in [1.54, 1.807) is 17.9 Å². The first-order valence-corrected chi connectivity index (χ1v) is 10.2. The van der Waals surface area contributed by atoms with Gasteiger partial charge >= 0.3 is 0 Å². The maximum absolute atomic E-state index is 13.0. The molecule has 2 amide bonds. The Labute approximate surface area is 172 Å². The second kappa shape index (κ2) is 10.9. The first-order chi connectivity index (χ1) is 13.4. The van der Waals surface area contributed by atoms with Crippen LogP contribution in [0.3, 0.4) is 0 Å². The second-order valence-corrected chi connectivity index (χ2v) is 7.54. The van der Waals surface area contributed by atoms with Crippen LogP contribution in [-0.4, -0.2) is 29.3 Å². The van der Waals surface area contributed by atoms with Gasteiger partial charge in [-0.3, -0.25) is 9.59 Å². The molecule has 0 aliphatic rings. The molecule has 2 aromatic rings. The molecule has 5 heteroatoms. The molecule has 4 nitrogen and oxygen atoms in total. The van der Waals surface area contributed by atoms with E-state index in [0.29, 0.717) is 31.0 Å². The Morgan fingerprint density at radius 3 is 2.46 bits per heavy atom. The predicted molar refractivity (Wildman–Crippen MR) is 114 cm³/mol. The molecule has 0 aliphatic carbocycles. The lowest BCUT2D eigenvalue weighted by Gasteiger charge is -2.29. The highest BCUT2D eigenvalue weighted by molar-refractivity contribution is 6.30. The number of nitrogens with one attached hydrogen (secondary N) is 1. The van der Waals surface area contributed by atoms with E-state index in [1.807, 2.05) is 56.3 Å². The van der Waals surface area contributed by atoms with Gasteiger partial charge in [-0.2, -0.15) is 0 Å². The van der Waals surface area contributed by atoms with E-state index in [4.69, 9.17) is 11.6 Å². The van der Waals surface area contributed by atoms with Crippen LogP contribution in [0, 0.1) is 6.92 Å². The number of rotatable bonds is 9. The fourth-order valence-electron chi connectivity index (χ4n) is 2.96. The highest BCUT2D eigenvalue weighted by Crippen LogP contribution is 2.16. The van der Waals surface area contributed by atoms with Crippen LogP contribution in [0.1, 0.15) is 43.4 Å². The van der Waals surface area contributed by atoms with Gasteiger partial charge in [0.1, 0.15) is 6.04 Å². The summed E-state index contributed by atoms with van der Waals surface area (Å²) in [5, 5.41) is 3.50. The summed E-state index contributed by atoms with van der Waals surface area (Å²) >= 11 is 6.09. The van der Waals surface area contributed by atoms with Crippen LogP contribution in [0.25, 0.3) is 0 Å². The first kappa shape index (κ1) is 22.0. The largest absolute Gasteiger partial charge is 0.354 e. The Hall–Kier alpha value is -2.33. The minimum absolute atomic E-state index is 0.0419. The molecule has 0 bridgehead atoms. The summed E-state index contributed by atoms with van der Waals surface area (Å²) in [5.41, 5.74) is 3.22. The molecule has 28 heavy (non-hydrogen) atoms. The van der Waals surface area contributed by atoms with E-state index >= 15 is 0 Å². The van der Waals surface area contributed by atoms with Crippen LogP contribution in [0.15, 0.2) is 48.5 Å². The molecular formula is C23H29ClN2O2.